The van der Waals surface area contributed by atoms with Crippen LogP contribution in [0.25, 0.3) is 10.9 Å². The second-order valence-corrected chi connectivity index (χ2v) is 3.37. The highest BCUT2D eigenvalue weighted by molar-refractivity contribution is 7.79. The van der Waals surface area contributed by atoms with E-state index < -0.39 is 11.1 Å². The third-order valence-corrected chi connectivity index (χ3v) is 2.38. The van der Waals surface area contributed by atoms with Gasteiger partial charge in [-0.3, -0.25) is 4.21 Å². The highest BCUT2D eigenvalue weighted by atomic mass is 32.2. The summed E-state index contributed by atoms with van der Waals surface area (Å²) in [6, 6.07) is 6.69. The minimum Gasteiger partial charge on any atom is -0.768 e. The molecule has 1 aromatic heterocycles. The van der Waals surface area contributed by atoms with Crippen LogP contribution in [0.4, 0.5) is 0 Å². The van der Waals surface area contributed by atoms with Gasteiger partial charge in [-0.2, -0.15) is 5.10 Å². The van der Waals surface area contributed by atoms with Crippen molar-refractivity contribution >= 4 is 22.0 Å². The second kappa shape index (κ2) is 3.20. The van der Waals surface area contributed by atoms with Crippen molar-refractivity contribution in [1.29, 1.82) is 0 Å². The molecule has 0 radical (unpaired) electrons. The SMILES string of the molecule is O=S([O-])c1cccc2ccnnc12. The Labute approximate surface area is 76.9 Å². The third kappa shape index (κ3) is 1.43. The average molecular weight is 193 g/mol. The van der Waals surface area contributed by atoms with Crippen molar-refractivity contribution in [3.05, 3.63) is 30.5 Å². The van der Waals surface area contributed by atoms with Crippen LogP contribution in [-0.4, -0.2) is 19.0 Å². The number of benzene rings is 1. The fourth-order valence-electron chi connectivity index (χ4n) is 1.12. The van der Waals surface area contributed by atoms with E-state index in [9.17, 15) is 8.76 Å². The summed E-state index contributed by atoms with van der Waals surface area (Å²) in [4.78, 5) is 0.186. The Balaban J connectivity index is 2.83. The van der Waals surface area contributed by atoms with Gasteiger partial charge >= 0.3 is 0 Å². The zero-order valence-electron chi connectivity index (χ0n) is 6.51. The van der Waals surface area contributed by atoms with E-state index in [4.69, 9.17) is 0 Å². The van der Waals surface area contributed by atoms with Gasteiger partial charge in [0, 0.05) is 5.39 Å². The van der Waals surface area contributed by atoms with Crippen LogP contribution in [0, 0.1) is 0 Å². The molecular formula is C8H5N2O2S-. The number of hydrogen-bond acceptors (Lipinski definition) is 4. The van der Waals surface area contributed by atoms with E-state index >= 15 is 0 Å². The number of fused-ring (bicyclic) bond motifs is 1. The van der Waals surface area contributed by atoms with Crippen molar-refractivity contribution in [3.8, 4) is 0 Å². The second-order valence-electron chi connectivity index (χ2n) is 2.46. The molecule has 1 atom stereocenters. The van der Waals surface area contributed by atoms with Gasteiger partial charge in [0.2, 0.25) is 0 Å². The van der Waals surface area contributed by atoms with Crippen molar-refractivity contribution in [2.45, 2.75) is 4.90 Å². The lowest BCUT2D eigenvalue weighted by atomic mass is 10.2. The van der Waals surface area contributed by atoms with Crippen molar-refractivity contribution in [3.63, 3.8) is 0 Å². The van der Waals surface area contributed by atoms with Crippen LogP contribution in [-0.2, 0) is 11.1 Å². The van der Waals surface area contributed by atoms with Gasteiger partial charge in [-0.25, -0.2) is 0 Å². The summed E-state index contributed by atoms with van der Waals surface area (Å²) in [7, 11) is 0. The summed E-state index contributed by atoms with van der Waals surface area (Å²) in [5.41, 5.74) is 0.415. The lowest BCUT2D eigenvalue weighted by molar-refractivity contribution is 0.537. The molecule has 1 unspecified atom stereocenters. The summed E-state index contributed by atoms with van der Waals surface area (Å²) in [6.45, 7) is 0. The van der Waals surface area contributed by atoms with Crippen LogP contribution in [0.15, 0.2) is 35.4 Å². The largest absolute Gasteiger partial charge is 0.768 e. The first-order valence-corrected chi connectivity index (χ1v) is 4.66. The van der Waals surface area contributed by atoms with Crippen molar-refractivity contribution in [2.24, 2.45) is 0 Å². The molecule has 0 aliphatic rings. The van der Waals surface area contributed by atoms with Gasteiger partial charge in [-0.05, 0) is 23.2 Å². The fourth-order valence-corrected chi connectivity index (χ4v) is 1.63. The Morgan fingerprint density at radius 2 is 2.15 bits per heavy atom. The zero-order valence-corrected chi connectivity index (χ0v) is 7.32. The summed E-state index contributed by atoms with van der Waals surface area (Å²) >= 11 is -2.26. The van der Waals surface area contributed by atoms with Crippen molar-refractivity contribution in [1.82, 2.24) is 10.2 Å². The minimum atomic E-state index is -2.26. The molecular weight excluding hydrogens is 188 g/mol. The molecule has 0 aliphatic heterocycles. The van der Waals surface area contributed by atoms with Gasteiger partial charge in [-0.1, -0.05) is 12.1 Å². The van der Waals surface area contributed by atoms with Crippen LogP contribution in [0.3, 0.4) is 0 Å². The highest BCUT2D eigenvalue weighted by Gasteiger charge is 2.01. The fraction of sp³-hybridized carbons (Fsp3) is 0. The minimum absolute atomic E-state index is 0.186. The molecule has 0 saturated carbocycles. The van der Waals surface area contributed by atoms with E-state index in [1.165, 1.54) is 12.3 Å². The van der Waals surface area contributed by atoms with Crippen LogP contribution >= 0.6 is 0 Å². The highest BCUT2D eigenvalue weighted by Crippen LogP contribution is 2.16. The van der Waals surface area contributed by atoms with E-state index in [1.807, 2.05) is 0 Å². The average Bonchev–Trinajstić information content (AvgIpc) is 2.17. The van der Waals surface area contributed by atoms with Crippen molar-refractivity contribution < 1.29 is 8.76 Å². The molecule has 1 heterocycles. The monoisotopic (exact) mass is 193 g/mol. The standard InChI is InChI=1S/C8H6N2O2S/c11-13(12)7-3-1-2-6-4-5-9-10-8(6)7/h1-5H,(H,11,12)/p-1. The van der Waals surface area contributed by atoms with Crippen LogP contribution in [0.2, 0.25) is 0 Å². The van der Waals surface area contributed by atoms with Gasteiger partial charge in [0.1, 0.15) is 5.52 Å². The maximum atomic E-state index is 10.7. The van der Waals surface area contributed by atoms with Crippen LogP contribution in [0.1, 0.15) is 0 Å². The van der Waals surface area contributed by atoms with Gasteiger partial charge in [-0.15, -0.1) is 5.10 Å². The van der Waals surface area contributed by atoms with Gasteiger partial charge in [0.05, 0.1) is 11.1 Å². The Hall–Kier alpha value is -1.33. The molecule has 2 aromatic rings. The molecule has 0 saturated heterocycles. The molecule has 0 spiro atoms. The summed E-state index contributed by atoms with van der Waals surface area (Å²) in [6.07, 6.45) is 1.53. The Morgan fingerprint density at radius 1 is 1.31 bits per heavy atom. The first-order chi connectivity index (χ1) is 6.29. The molecule has 1 aromatic carbocycles. The molecule has 4 nitrogen and oxygen atoms in total. The number of rotatable bonds is 1. The van der Waals surface area contributed by atoms with E-state index in [1.54, 1.807) is 18.2 Å². The molecule has 2 rings (SSSR count). The maximum absolute atomic E-state index is 10.7. The predicted octanol–water partition coefficient (Wildman–Crippen LogP) is 0.868. The topological polar surface area (TPSA) is 65.9 Å². The molecule has 13 heavy (non-hydrogen) atoms. The van der Waals surface area contributed by atoms with Gasteiger partial charge < -0.3 is 4.55 Å². The normalized spacial score (nSPS) is 13.0. The van der Waals surface area contributed by atoms with Gasteiger partial charge in [0.15, 0.2) is 0 Å². The van der Waals surface area contributed by atoms with E-state index in [2.05, 4.69) is 10.2 Å². The molecule has 5 heteroatoms. The summed E-state index contributed by atoms with van der Waals surface area (Å²) in [5.74, 6) is 0. The lowest BCUT2D eigenvalue weighted by Crippen LogP contribution is -1.93. The number of aromatic nitrogens is 2. The van der Waals surface area contributed by atoms with E-state index in [0.717, 1.165) is 5.39 Å². The van der Waals surface area contributed by atoms with Crippen LogP contribution < -0.4 is 0 Å². The lowest BCUT2D eigenvalue weighted by Gasteiger charge is -2.06. The molecule has 0 N–H and O–H groups in total. The summed E-state index contributed by atoms with van der Waals surface area (Å²) in [5, 5.41) is 8.17. The van der Waals surface area contributed by atoms with Gasteiger partial charge in [0.25, 0.3) is 0 Å². The molecule has 66 valence electrons. The zero-order chi connectivity index (χ0) is 9.26. The van der Waals surface area contributed by atoms with Crippen LogP contribution in [0.5, 0.6) is 0 Å². The quantitative estimate of drug-likeness (QED) is 0.630. The van der Waals surface area contributed by atoms with E-state index in [0.29, 0.717) is 5.52 Å². The first kappa shape index (κ1) is 8.28. The van der Waals surface area contributed by atoms with Crippen molar-refractivity contribution in [2.75, 3.05) is 0 Å². The Morgan fingerprint density at radius 3 is 2.92 bits per heavy atom. The molecule has 0 fully saturated rings. The smallest absolute Gasteiger partial charge is 0.108 e. The number of hydrogen-bond donors (Lipinski definition) is 0. The summed E-state index contributed by atoms with van der Waals surface area (Å²) < 4.78 is 21.5. The number of nitrogens with zero attached hydrogens (tertiary/aromatic N) is 2. The molecule has 0 amide bonds. The molecule has 0 aliphatic carbocycles. The Kier molecular flexibility index (Phi) is 2.03. The van der Waals surface area contributed by atoms with E-state index in [-0.39, 0.29) is 4.90 Å². The maximum Gasteiger partial charge on any atom is 0.108 e. The Bertz CT molecular complexity index is 467. The first-order valence-electron chi connectivity index (χ1n) is 3.59. The molecule has 0 bridgehead atoms. The predicted molar refractivity (Wildman–Crippen MR) is 46.7 cm³/mol. The third-order valence-electron chi connectivity index (χ3n) is 1.69.